The van der Waals surface area contributed by atoms with Crippen molar-refractivity contribution in [2.75, 3.05) is 33.9 Å². The van der Waals surface area contributed by atoms with Crippen molar-refractivity contribution in [3.8, 4) is 11.5 Å². The van der Waals surface area contributed by atoms with E-state index in [1.807, 2.05) is 19.1 Å². The van der Waals surface area contributed by atoms with Crippen LogP contribution in [-0.4, -0.2) is 61.1 Å². The molecule has 1 aromatic carbocycles. The highest BCUT2D eigenvalue weighted by Crippen LogP contribution is 2.37. The van der Waals surface area contributed by atoms with Crippen molar-refractivity contribution in [2.45, 2.75) is 58.0 Å². The molecule has 7 heteroatoms. The Hall–Kier alpha value is -2.80. The van der Waals surface area contributed by atoms with Gasteiger partial charge in [-0.1, -0.05) is 35.9 Å². The van der Waals surface area contributed by atoms with Crippen LogP contribution in [0.2, 0.25) is 0 Å². The largest absolute Gasteiger partial charge is 0.493 e. The fourth-order valence-corrected chi connectivity index (χ4v) is 5.82. The van der Waals surface area contributed by atoms with E-state index in [0.717, 1.165) is 50.9 Å². The zero-order valence-electron chi connectivity index (χ0n) is 21.6. The second-order valence-electron chi connectivity index (χ2n) is 10.4. The molecular weight excluding hydrogens is 442 g/mol. The molecule has 1 N–H and O–H groups in total. The average molecular weight is 482 g/mol. The summed E-state index contributed by atoms with van der Waals surface area (Å²) >= 11 is 0. The predicted octanol–water partition coefficient (Wildman–Crippen LogP) is 4.53. The van der Waals surface area contributed by atoms with Crippen molar-refractivity contribution in [1.29, 1.82) is 0 Å². The third-order valence-corrected chi connectivity index (χ3v) is 8.15. The monoisotopic (exact) mass is 481 g/mol. The number of nitrogens with one attached hydrogen (secondary N) is 1. The van der Waals surface area contributed by atoms with Gasteiger partial charge in [0.1, 0.15) is 5.54 Å². The maximum absolute atomic E-state index is 13.5. The van der Waals surface area contributed by atoms with Gasteiger partial charge in [0, 0.05) is 12.1 Å². The third kappa shape index (κ3) is 5.10. The van der Waals surface area contributed by atoms with Crippen molar-refractivity contribution in [3.05, 3.63) is 47.6 Å². The predicted molar refractivity (Wildman–Crippen MR) is 136 cm³/mol. The van der Waals surface area contributed by atoms with Crippen LogP contribution in [0.4, 0.5) is 4.79 Å². The molecule has 2 atom stereocenters. The van der Waals surface area contributed by atoms with Gasteiger partial charge in [-0.2, -0.15) is 0 Å². The number of allylic oxidation sites excluding steroid dienone is 2. The van der Waals surface area contributed by atoms with Crippen LogP contribution in [0.15, 0.2) is 42.0 Å². The molecule has 2 fully saturated rings. The third-order valence-electron chi connectivity index (χ3n) is 8.15. The number of para-hydroxylation sites is 1. The minimum atomic E-state index is -0.881. The summed E-state index contributed by atoms with van der Waals surface area (Å²) < 4.78 is 10.9. The topological polar surface area (TPSA) is 71.1 Å². The zero-order chi connectivity index (χ0) is 25.2. The number of amides is 3. The number of carbonyl (C=O) groups is 2. The minimum absolute atomic E-state index is 0.112. The highest BCUT2D eigenvalue weighted by atomic mass is 16.5. The maximum atomic E-state index is 13.5. The maximum Gasteiger partial charge on any atom is 0.325 e. The van der Waals surface area contributed by atoms with E-state index in [1.54, 1.807) is 20.3 Å². The molecule has 0 saturated carbocycles. The lowest BCUT2D eigenvalue weighted by Gasteiger charge is -2.39. The van der Waals surface area contributed by atoms with Crippen molar-refractivity contribution in [1.82, 2.24) is 15.1 Å². The van der Waals surface area contributed by atoms with E-state index in [0.29, 0.717) is 17.4 Å². The smallest absolute Gasteiger partial charge is 0.325 e. The Balaban J connectivity index is 1.37. The number of piperidine rings is 1. The fraction of sp³-hybridized carbons (Fsp3) is 0.571. The average Bonchev–Trinajstić information content (AvgIpc) is 3.08. The summed E-state index contributed by atoms with van der Waals surface area (Å²) in [5.74, 6) is 1.70. The SMILES string of the molecule is C=C(C)[C@@H]1CC=C(CN2CCC(C3(C)NC(=O)N(Cc4cccc(OC)c4OC)C3=O)CC2)CC1. The van der Waals surface area contributed by atoms with Gasteiger partial charge in [0.15, 0.2) is 11.5 Å². The van der Waals surface area contributed by atoms with Gasteiger partial charge in [-0.15, -0.1) is 0 Å². The molecule has 0 bridgehead atoms. The molecule has 4 rings (SSSR count). The van der Waals surface area contributed by atoms with Crippen molar-refractivity contribution >= 4 is 11.9 Å². The molecule has 0 aromatic heterocycles. The second kappa shape index (κ2) is 10.4. The van der Waals surface area contributed by atoms with Crippen LogP contribution in [0, 0.1) is 11.8 Å². The normalized spacial score (nSPS) is 25.9. The molecule has 3 amide bonds. The van der Waals surface area contributed by atoms with E-state index in [-0.39, 0.29) is 24.4 Å². The number of rotatable bonds is 8. The van der Waals surface area contributed by atoms with E-state index in [1.165, 1.54) is 22.5 Å². The molecule has 2 aliphatic heterocycles. The first-order valence-corrected chi connectivity index (χ1v) is 12.7. The van der Waals surface area contributed by atoms with E-state index in [4.69, 9.17) is 9.47 Å². The molecule has 0 spiro atoms. The van der Waals surface area contributed by atoms with E-state index >= 15 is 0 Å². The first-order chi connectivity index (χ1) is 16.8. The number of carbonyl (C=O) groups excluding carboxylic acids is 2. The Labute approximate surface area is 209 Å². The molecule has 1 unspecified atom stereocenters. The van der Waals surface area contributed by atoms with Crippen LogP contribution in [0.5, 0.6) is 11.5 Å². The van der Waals surface area contributed by atoms with Gasteiger partial charge in [-0.05, 0) is 76.9 Å². The van der Waals surface area contributed by atoms with E-state index in [2.05, 4.69) is 29.8 Å². The van der Waals surface area contributed by atoms with E-state index in [9.17, 15) is 9.59 Å². The quantitative estimate of drug-likeness (QED) is 0.436. The first kappa shape index (κ1) is 25.3. The van der Waals surface area contributed by atoms with Gasteiger partial charge in [-0.25, -0.2) is 4.79 Å². The number of urea groups is 1. The lowest BCUT2D eigenvalue weighted by Crippen LogP contribution is -2.54. The molecule has 190 valence electrons. The van der Waals surface area contributed by atoms with Crippen molar-refractivity contribution in [2.24, 2.45) is 11.8 Å². The van der Waals surface area contributed by atoms with Crippen LogP contribution in [0.1, 0.15) is 51.5 Å². The Morgan fingerprint density at radius 3 is 2.49 bits per heavy atom. The van der Waals surface area contributed by atoms with E-state index < -0.39 is 5.54 Å². The van der Waals surface area contributed by atoms with Crippen LogP contribution < -0.4 is 14.8 Å². The molecular formula is C28H39N3O4. The summed E-state index contributed by atoms with van der Waals surface area (Å²) in [6.45, 7) is 11.2. The van der Waals surface area contributed by atoms with Gasteiger partial charge in [-0.3, -0.25) is 14.6 Å². The van der Waals surface area contributed by atoms with Gasteiger partial charge >= 0.3 is 6.03 Å². The first-order valence-electron chi connectivity index (χ1n) is 12.7. The molecule has 1 aliphatic carbocycles. The Bertz CT molecular complexity index is 1010. The van der Waals surface area contributed by atoms with Crippen LogP contribution in [0.3, 0.4) is 0 Å². The molecule has 2 heterocycles. The Morgan fingerprint density at radius 1 is 1.14 bits per heavy atom. The molecule has 0 radical (unpaired) electrons. The molecule has 7 nitrogen and oxygen atoms in total. The number of benzene rings is 1. The number of hydrogen-bond donors (Lipinski definition) is 1. The Kier molecular flexibility index (Phi) is 7.55. The highest BCUT2D eigenvalue weighted by molar-refractivity contribution is 6.07. The lowest BCUT2D eigenvalue weighted by atomic mass is 9.78. The summed E-state index contributed by atoms with van der Waals surface area (Å²) in [6.07, 6.45) is 7.63. The summed E-state index contributed by atoms with van der Waals surface area (Å²) in [5.41, 5.74) is 2.67. The number of likely N-dealkylation sites (tertiary alicyclic amines) is 1. The van der Waals surface area contributed by atoms with Crippen LogP contribution in [0.25, 0.3) is 0 Å². The summed E-state index contributed by atoms with van der Waals surface area (Å²) in [4.78, 5) is 30.2. The minimum Gasteiger partial charge on any atom is -0.493 e. The fourth-order valence-electron chi connectivity index (χ4n) is 5.82. The Morgan fingerprint density at radius 2 is 1.89 bits per heavy atom. The van der Waals surface area contributed by atoms with Gasteiger partial charge in [0.05, 0.1) is 20.8 Å². The van der Waals surface area contributed by atoms with Crippen LogP contribution in [-0.2, 0) is 11.3 Å². The van der Waals surface area contributed by atoms with Gasteiger partial charge in [0.2, 0.25) is 0 Å². The number of ether oxygens (including phenoxy) is 2. The second-order valence-corrected chi connectivity index (χ2v) is 10.4. The number of hydrogen-bond acceptors (Lipinski definition) is 5. The standard InChI is InChI=1S/C28H39N3O4/c1-19(2)21-11-9-20(10-12-21)17-30-15-13-23(14-16-30)28(3)26(32)31(27(33)29-28)18-22-7-6-8-24(34-4)25(22)35-5/h6-9,21,23H,1,10-18H2,2-5H3,(H,29,33)/t21-,28?/m1/s1. The van der Waals surface area contributed by atoms with Crippen LogP contribution >= 0.6 is 0 Å². The summed E-state index contributed by atoms with van der Waals surface area (Å²) in [5, 5.41) is 3.03. The van der Waals surface area contributed by atoms with Gasteiger partial charge in [0.25, 0.3) is 5.91 Å². The highest BCUT2D eigenvalue weighted by Gasteiger charge is 2.52. The zero-order valence-corrected chi connectivity index (χ0v) is 21.6. The molecule has 3 aliphatic rings. The number of imide groups is 1. The summed E-state index contributed by atoms with van der Waals surface area (Å²) in [6, 6.07) is 5.15. The van der Waals surface area contributed by atoms with Crippen molar-refractivity contribution < 1.29 is 19.1 Å². The van der Waals surface area contributed by atoms with Crippen molar-refractivity contribution in [3.63, 3.8) is 0 Å². The molecule has 35 heavy (non-hydrogen) atoms. The van der Waals surface area contributed by atoms with Gasteiger partial charge < -0.3 is 14.8 Å². The lowest BCUT2D eigenvalue weighted by molar-refractivity contribution is -0.133. The number of methoxy groups -OCH3 is 2. The summed E-state index contributed by atoms with van der Waals surface area (Å²) in [7, 11) is 3.13. The number of nitrogens with zero attached hydrogens (tertiary/aromatic N) is 2. The molecule has 2 saturated heterocycles. The molecule has 1 aromatic rings.